The second kappa shape index (κ2) is 9.53. The van der Waals surface area contributed by atoms with E-state index in [0.717, 1.165) is 0 Å². The molecule has 2 aromatic rings. The van der Waals surface area contributed by atoms with Crippen molar-refractivity contribution in [3.05, 3.63) is 63.8 Å². The van der Waals surface area contributed by atoms with Crippen molar-refractivity contribution in [2.45, 2.75) is 26.6 Å². The van der Waals surface area contributed by atoms with Crippen LogP contribution >= 0.6 is 23.2 Å². The van der Waals surface area contributed by atoms with Crippen LogP contribution in [0.15, 0.2) is 42.7 Å². The van der Waals surface area contributed by atoms with Gasteiger partial charge in [-0.25, -0.2) is 4.79 Å². The van der Waals surface area contributed by atoms with E-state index in [-0.39, 0.29) is 18.3 Å². The Morgan fingerprint density at radius 3 is 2.37 bits per heavy atom. The third-order valence-electron chi connectivity index (χ3n) is 3.49. The molecular formula is C20H20Cl2O5. The zero-order valence-corrected chi connectivity index (χ0v) is 16.7. The van der Waals surface area contributed by atoms with Crippen molar-refractivity contribution in [2.75, 3.05) is 7.11 Å². The van der Waals surface area contributed by atoms with Gasteiger partial charge in [0.2, 0.25) is 0 Å². The van der Waals surface area contributed by atoms with Crippen LogP contribution in [0.2, 0.25) is 10.0 Å². The number of halogens is 2. The van der Waals surface area contributed by atoms with Gasteiger partial charge in [-0.15, -0.1) is 0 Å². The van der Waals surface area contributed by atoms with Crippen molar-refractivity contribution in [2.24, 2.45) is 0 Å². The topological polar surface area (TPSA) is 65.0 Å². The Morgan fingerprint density at radius 2 is 1.81 bits per heavy atom. The predicted molar refractivity (Wildman–Crippen MR) is 106 cm³/mol. The summed E-state index contributed by atoms with van der Waals surface area (Å²) < 4.78 is 16.2. The highest BCUT2D eigenvalue weighted by atomic mass is 35.5. The minimum absolute atomic E-state index is 0.0356. The number of ether oxygens (including phenoxy) is 3. The quantitative estimate of drug-likeness (QED) is 0.464. The number of aliphatic carboxylic acids is 1. The van der Waals surface area contributed by atoms with Crippen LogP contribution in [0.25, 0.3) is 5.57 Å². The number of hydrogen-bond acceptors (Lipinski definition) is 4. The molecule has 2 aromatic carbocycles. The Kier molecular flexibility index (Phi) is 7.39. The second-order valence-electron chi connectivity index (χ2n) is 5.90. The van der Waals surface area contributed by atoms with E-state index in [1.54, 1.807) is 36.4 Å². The Labute approximate surface area is 168 Å². The molecule has 0 saturated carbocycles. The highest BCUT2D eigenvalue weighted by Crippen LogP contribution is 2.37. The van der Waals surface area contributed by atoms with Crippen molar-refractivity contribution in [1.29, 1.82) is 0 Å². The Hall–Kier alpha value is -2.37. The monoisotopic (exact) mass is 410 g/mol. The molecule has 0 heterocycles. The molecule has 27 heavy (non-hydrogen) atoms. The number of methoxy groups -OCH3 is 1. The summed E-state index contributed by atoms with van der Waals surface area (Å²) in [6, 6.07) is 10.2. The second-order valence-corrected chi connectivity index (χ2v) is 6.72. The third-order valence-corrected chi connectivity index (χ3v) is 4.05. The molecule has 0 radical (unpaired) electrons. The van der Waals surface area contributed by atoms with Crippen LogP contribution < -0.4 is 9.47 Å². The van der Waals surface area contributed by atoms with Crippen LogP contribution in [0.5, 0.6) is 11.5 Å². The average Bonchev–Trinajstić information content (AvgIpc) is 2.61. The summed E-state index contributed by atoms with van der Waals surface area (Å²) in [6.07, 6.45) is 1.12. The minimum atomic E-state index is -1.09. The molecule has 0 aliphatic rings. The Morgan fingerprint density at radius 1 is 1.19 bits per heavy atom. The number of carboxylic acids is 1. The fourth-order valence-corrected chi connectivity index (χ4v) is 2.94. The standard InChI is InChI=1S/C20H20Cl2O5/c1-12(2)27-19-17(21)8-14(9-18(19)22)26-10-13-6-4-5-7-15(13)16(11-25-3)20(23)24/h4-9,11-12H,10H2,1-3H3,(H,23,24). The van der Waals surface area contributed by atoms with Crippen molar-refractivity contribution >= 4 is 34.7 Å². The molecule has 0 aliphatic carbocycles. The van der Waals surface area contributed by atoms with Gasteiger partial charge in [-0.1, -0.05) is 47.5 Å². The van der Waals surface area contributed by atoms with Gasteiger partial charge in [0.05, 0.1) is 29.5 Å². The number of carbonyl (C=O) groups is 1. The third kappa shape index (κ3) is 5.55. The smallest absolute Gasteiger partial charge is 0.339 e. The van der Waals surface area contributed by atoms with Crippen LogP contribution in [-0.2, 0) is 16.1 Å². The van der Waals surface area contributed by atoms with Gasteiger partial charge in [0, 0.05) is 12.1 Å². The number of carboxylic acid groups (broad SMARTS) is 1. The Balaban J connectivity index is 2.25. The highest BCUT2D eigenvalue weighted by molar-refractivity contribution is 6.37. The number of hydrogen-bond donors (Lipinski definition) is 1. The molecule has 0 bridgehead atoms. The summed E-state index contributed by atoms with van der Waals surface area (Å²) in [4.78, 5) is 11.5. The number of benzene rings is 2. The predicted octanol–water partition coefficient (Wildman–Crippen LogP) is 5.43. The van der Waals surface area contributed by atoms with Crippen LogP contribution in [0.4, 0.5) is 0 Å². The summed E-state index contributed by atoms with van der Waals surface area (Å²) in [5.74, 6) is -0.244. The fourth-order valence-electron chi connectivity index (χ4n) is 2.39. The van der Waals surface area contributed by atoms with Crippen molar-refractivity contribution in [1.82, 2.24) is 0 Å². The first-order chi connectivity index (χ1) is 12.8. The van der Waals surface area contributed by atoms with Gasteiger partial charge >= 0.3 is 5.97 Å². The molecule has 5 nitrogen and oxygen atoms in total. The largest absolute Gasteiger partial charge is 0.503 e. The maximum atomic E-state index is 11.5. The van der Waals surface area contributed by atoms with Crippen LogP contribution in [0.3, 0.4) is 0 Å². The average molecular weight is 411 g/mol. The van der Waals surface area contributed by atoms with Crippen molar-refractivity contribution in [3.8, 4) is 11.5 Å². The molecule has 0 atom stereocenters. The lowest BCUT2D eigenvalue weighted by molar-refractivity contribution is -0.130. The van der Waals surface area contributed by atoms with E-state index in [2.05, 4.69) is 0 Å². The lowest BCUT2D eigenvalue weighted by Gasteiger charge is -2.15. The molecule has 0 aliphatic heterocycles. The first-order valence-corrected chi connectivity index (χ1v) is 8.92. The van der Waals surface area contributed by atoms with Gasteiger partial charge < -0.3 is 19.3 Å². The van der Waals surface area contributed by atoms with Crippen LogP contribution in [0.1, 0.15) is 25.0 Å². The van der Waals surface area contributed by atoms with Gasteiger partial charge in [0.1, 0.15) is 17.9 Å². The highest BCUT2D eigenvalue weighted by Gasteiger charge is 2.16. The van der Waals surface area contributed by atoms with E-state index in [1.165, 1.54) is 13.4 Å². The lowest BCUT2D eigenvalue weighted by Crippen LogP contribution is -2.07. The van der Waals surface area contributed by atoms with E-state index in [9.17, 15) is 9.90 Å². The molecule has 7 heteroatoms. The zero-order valence-electron chi connectivity index (χ0n) is 15.2. The van der Waals surface area contributed by atoms with Gasteiger partial charge in [0.25, 0.3) is 0 Å². The molecule has 0 saturated heterocycles. The summed E-state index contributed by atoms with van der Waals surface area (Å²) >= 11 is 12.5. The minimum Gasteiger partial charge on any atom is -0.503 e. The first-order valence-electron chi connectivity index (χ1n) is 8.16. The summed E-state index contributed by atoms with van der Waals surface area (Å²) in [5, 5.41) is 10.1. The molecule has 0 unspecified atom stereocenters. The molecule has 144 valence electrons. The molecule has 0 amide bonds. The van der Waals surface area contributed by atoms with E-state index in [4.69, 9.17) is 37.4 Å². The maximum absolute atomic E-state index is 11.5. The summed E-state index contributed by atoms with van der Waals surface area (Å²) in [7, 11) is 1.40. The SMILES string of the molecule is COC=C(C(=O)O)c1ccccc1COc1cc(Cl)c(OC(C)C)c(Cl)c1. The number of rotatable bonds is 8. The summed E-state index contributed by atoms with van der Waals surface area (Å²) in [6.45, 7) is 3.88. The summed E-state index contributed by atoms with van der Waals surface area (Å²) in [5.41, 5.74) is 1.22. The van der Waals surface area contributed by atoms with E-state index in [0.29, 0.717) is 32.7 Å². The molecule has 1 N–H and O–H groups in total. The van der Waals surface area contributed by atoms with Crippen LogP contribution in [0, 0.1) is 0 Å². The Bertz CT molecular complexity index is 823. The molecule has 0 spiro atoms. The normalized spacial score (nSPS) is 11.4. The lowest BCUT2D eigenvalue weighted by atomic mass is 10.0. The van der Waals surface area contributed by atoms with Gasteiger partial charge in [0.15, 0.2) is 5.75 Å². The van der Waals surface area contributed by atoms with E-state index >= 15 is 0 Å². The molecule has 2 rings (SSSR count). The maximum Gasteiger partial charge on any atom is 0.339 e. The van der Waals surface area contributed by atoms with Crippen molar-refractivity contribution < 1.29 is 24.1 Å². The van der Waals surface area contributed by atoms with Gasteiger partial charge in [-0.05, 0) is 25.0 Å². The van der Waals surface area contributed by atoms with Crippen LogP contribution in [-0.4, -0.2) is 24.3 Å². The first kappa shape index (κ1) is 20.9. The van der Waals surface area contributed by atoms with E-state index in [1.807, 2.05) is 13.8 Å². The fraction of sp³-hybridized carbons (Fsp3) is 0.250. The molecule has 0 fully saturated rings. The van der Waals surface area contributed by atoms with Gasteiger partial charge in [-0.3, -0.25) is 0 Å². The molecular weight excluding hydrogens is 391 g/mol. The molecule has 0 aromatic heterocycles. The zero-order chi connectivity index (χ0) is 20.0. The van der Waals surface area contributed by atoms with E-state index < -0.39 is 5.97 Å². The van der Waals surface area contributed by atoms with Crippen molar-refractivity contribution in [3.63, 3.8) is 0 Å². The van der Waals surface area contributed by atoms with Gasteiger partial charge in [-0.2, -0.15) is 0 Å².